The van der Waals surface area contributed by atoms with Crippen molar-refractivity contribution in [2.75, 3.05) is 13.1 Å². The average Bonchev–Trinajstić information content (AvgIpc) is 2.42. The number of aliphatic carboxylic acids is 1. The quantitative estimate of drug-likeness (QED) is 0.735. The summed E-state index contributed by atoms with van der Waals surface area (Å²) in [6.07, 6.45) is -6.20. The molecule has 0 radical (unpaired) electrons. The Labute approximate surface area is 84.3 Å². The molecule has 1 saturated heterocycles. The Morgan fingerprint density at radius 2 is 2.07 bits per heavy atom. The number of rotatable bonds is 3. The van der Waals surface area contributed by atoms with Gasteiger partial charge in [-0.3, -0.25) is 9.69 Å². The van der Waals surface area contributed by atoms with Gasteiger partial charge in [-0.2, -0.15) is 13.2 Å². The van der Waals surface area contributed by atoms with Gasteiger partial charge in [0, 0.05) is 19.5 Å². The molecule has 2 unspecified atom stereocenters. The molecule has 2 atom stereocenters. The van der Waals surface area contributed by atoms with E-state index in [1.165, 1.54) is 0 Å². The summed E-state index contributed by atoms with van der Waals surface area (Å²) in [6.45, 7) is -0.384. The Morgan fingerprint density at radius 1 is 1.47 bits per heavy atom. The topological polar surface area (TPSA) is 60.8 Å². The van der Waals surface area contributed by atoms with Crippen LogP contribution in [-0.4, -0.2) is 52.5 Å². The third-order valence-corrected chi connectivity index (χ3v) is 2.35. The lowest BCUT2D eigenvalue weighted by Crippen LogP contribution is -2.38. The van der Waals surface area contributed by atoms with Crippen LogP contribution >= 0.6 is 0 Å². The van der Waals surface area contributed by atoms with Gasteiger partial charge in [-0.15, -0.1) is 0 Å². The van der Waals surface area contributed by atoms with E-state index in [0.29, 0.717) is 0 Å². The highest BCUT2D eigenvalue weighted by molar-refractivity contribution is 5.74. The summed E-state index contributed by atoms with van der Waals surface area (Å²) in [5.74, 6) is -1.19. The molecular weight excluding hydrogens is 215 g/mol. The second kappa shape index (κ2) is 4.36. The molecule has 0 amide bonds. The fraction of sp³-hybridized carbons (Fsp3) is 0.875. The normalized spacial score (nSPS) is 28.3. The Hall–Kier alpha value is -0.820. The van der Waals surface area contributed by atoms with E-state index in [1.807, 2.05) is 0 Å². The summed E-state index contributed by atoms with van der Waals surface area (Å²) in [5.41, 5.74) is 0. The first-order valence-corrected chi connectivity index (χ1v) is 4.51. The Morgan fingerprint density at radius 3 is 2.53 bits per heavy atom. The van der Waals surface area contributed by atoms with Gasteiger partial charge in [0.1, 0.15) is 6.04 Å². The molecule has 1 aliphatic heterocycles. The van der Waals surface area contributed by atoms with Crippen molar-refractivity contribution < 1.29 is 28.2 Å². The van der Waals surface area contributed by atoms with Crippen LogP contribution in [0, 0.1) is 0 Å². The molecule has 0 aromatic rings. The molecule has 0 aliphatic carbocycles. The summed E-state index contributed by atoms with van der Waals surface area (Å²) < 4.78 is 35.7. The number of halogens is 3. The zero-order chi connectivity index (χ0) is 11.6. The smallest absolute Gasteiger partial charge is 0.390 e. The Kier molecular flexibility index (Phi) is 3.56. The lowest BCUT2D eigenvalue weighted by atomic mass is 10.2. The first-order chi connectivity index (χ1) is 6.79. The predicted molar refractivity (Wildman–Crippen MR) is 44.3 cm³/mol. The van der Waals surface area contributed by atoms with Crippen LogP contribution in [0.15, 0.2) is 0 Å². The molecule has 1 fully saturated rings. The SMILES string of the molecule is O=C(O)C1CC(O)CN1CCC(F)(F)F. The molecular formula is C8H12F3NO3. The van der Waals surface area contributed by atoms with Crippen molar-refractivity contribution in [2.45, 2.75) is 31.2 Å². The van der Waals surface area contributed by atoms with E-state index < -0.39 is 30.7 Å². The molecule has 0 aromatic heterocycles. The summed E-state index contributed by atoms with van der Waals surface area (Å²) in [4.78, 5) is 11.8. The zero-order valence-corrected chi connectivity index (χ0v) is 7.87. The van der Waals surface area contributed by atoms with Crippen molar-refractivity contribution in [1.82, 2.24) is 4.90 Å². The second-order valence-electron chi connectivity index (χ2n) is 3.60. The highest BCUT2D eigenvalue weighted by Gasteiger charge is 2.38. The largest absolute Gasteiger partial charge is 0.480 e. The lowest BCUT2D eigenvalue weighted by molar-refractivity contribution is -0.148. The number of carboxylic acid groups (broad SMARTS) is 1. The number of carbonyl (C=O) groups is 1. The van der Waals surface area contributed by atoms with Crippen LogP contribution in [0.5, 0.6) is 0 Å². The molecule has 4 nitrogen and oxygen atoms in total. The summed E-state index contributed by atoms with van der Waals surface area (Å²) in [5, 5.41) is 17.9. The van der Waals surface area contributed by atoms with E-state index in [-0.39, 0.29) is 19.5 Å². The van der Waals surface area contributed by atoms with Crippen molar-refractivity contribution >= 4 is 5.97 Å². The maximum atomic E-state index is 11.9. The number of β-amino-alcohol motifs (C(OH)–C–C–N with tert-alkyl or cyclic N) is 1. The predicted octanol–water partition coefficient (Wildman–Crippen LogP) is 0.459. The lowest BCUT2D eigenvalue weighted by Gasteiger charge is -2.21. The van der Waals surface area contributed by atoms with Crippen molar-refractivity contribution in [1.29, 1.82) is 0 Å². The monoisotopic (exact) mass is 227 g/mol. The van der Waals surface area contributed by atoms with Crippen molar-refractivity contribution in [3.8, 4) is 0 Å². The van der Waals surface area contributed by atoms with Gasteiger partial charge in [0.2, 0.25) is 0 Å². The van der Waals surface area contributed by atoms with E-state index in [2.05, 4.69) is 0 Å². The van der Waals surface area contributed by atoms with Gasteiger partial charge in [0.15, 0.2) is 0 Å². The van der Waals surface area contributed by atoms with Crippen molar-refractivity contribution in [2.24, 2.45) is 0 Å². The highest BCUT2D eigenvalue weighted by Crippen LogP contribution is 2.24. The minimum Gasteiger partial charge on any atom is -0.480 e. The molecule has 1 rings (SSSR count). The molecule has 7 heteroatoms. The third-order valence-electron chi connectivity index (χ3n) is 2.35. The first-order valence-electron chi connectivity index (χ1n) is 4.51. The van der Waals surface area contributed by atoms with Crippen LogP contribution in [0.2, 0.25) is 0 Å². The number of likely N-dealkylation sites (tertiary alicyclic amines) is 1. The summed E-state index contributed by atoms with van der Waals surface area (Å²) in [7, 11) is 0. The van der Waals surface area contributed by atoms with E-state index in [4.69, 9.17) is 10.2 Å². The highest BCUT2D eigenvalue weighted by atomic mass is 19.4. The number of carboxylic acids is 1. The summed E-state index contributed by atoms with van der Waals surface area (Å²) in [6, 6.07) is -0.998. The van der Waals surface area contributed by atoms with Gasteiger partial charge in [0.05, 0.1) is 12.5 Å². The van der Waals surface area contributed by atoms with Gasteiger partial charge in [-0.25, -0.2) is 0 Å². The average molecular weight is 227 g/mol. The maximum Gasteiger partial charge on any atom is 0.390 e. The number of hydrogen-bond donors (Lipinski definition) is 2. The van der Waals surface area contributed by atoms with Crippen LogP contribution < -0.4 is 0 Å². The van der Waals surface area contributed by atoms with E-state index in [1.54, 1.807) is 0 Å². The van der Waals surface area contributed by atoms with Gasteiger partial charge in [0.25, 0.3) is 0 Å². The van der Waals surface area contributed by atoms with Gasteiger partial charge in [-0.1, -0.05) is 0 Å². The molecule has 0 bridgehead atoms. The summed E-state index contributed by atoms with van der Waals surface area (Å²) >= 11 is 0. The molecule has 0 aromatic carbocycles. The molecule has 1 heterocycles. The van der Waals surface area contributed by atoms with E-state index in [0.717, 1.165) is 4.90 Å². The number of aliphatic hydroxyl groups is 1. The fourth-order valence-corrected chi connectivity index (χ4v) is 1.65. The van der Waals surface area contributed by atoms with Crippen LogP contribution in [0.25, 0.3) is 0 Å². The zero-order valence-electron chi connectivity index (χ0n) is 7.87. The van der Waals surface area contributed by atoms with Crippen molar-refractivity contribution in [3.05, 3.63) is 0 Å². The number of nitrogens with zero attached hydrogens (tertiary/aromatic N) is 1. The third kappa shape index (κ3) is 3.67. The van der Waals surface area contributed by atoms with Gasteiger partial charge in [-0.05, 0) is 0 Å². The maximum absolute atomic E-state index is 11.9. The Bertz CT molecular complexity index is 244. The minimum atomic E-state index is -4.30. The minimum absolute atomic E-state index is 0.00676. The van der Waals surface area contributed by atoms with Crippen LogP contribution in [-0.2, 0) is 4.79 Å². The fourth-order valence-electron chi connectivity index (χ4n) is 1.65. The van der Waals surface area contributed by atoms with Crippen LogP contribution in [0.3, 0.4) is 0 Å². The van der Waals surface area contributed by atoms with E-state index in [9.17, 15) is 18.0 Å². The van der Waals surface area contributed by atoms with Gasteiger partial charge < -0.3 is 10.2 Å². The van der Waals surface area contributed by atoms with Crippen LogP contribution in [0.4, 0.5) is 13.2 Å². The first kappa shape index (κ1) is 12.3. The Balaban J connectivity index is 2.49. The molecule has 0 spiro atoms. The molecule has 15 heavy (non-hydrogen) atoms. The molecule has 0 saturated carbocycles. The molecule has 1 aliphatic rings. The van der Waals surface area contributed by atoms with Gasteiger partial charge >= 0.3 is 12.1 Å². The number of alkyl halides is 3. The molecule has 88 valence electrons. The standard InChI is InChI=1S/C8H12F3NO3/c9-8(10,11)1-2-12-4-5(13)3-6(12)7(14)15/h5-6,13H,1-4H2,(H,14,15). The number of aliphatic hydroxyl groups excluding tert-OH is 1. The van der Waals surface area contributed by atoms with Crippen LogP contribution in [0.1, 0.15) is 12.8 Å². The number of hydrogen-bond acceptors (Lipinski definition) is 3. The second-order valence-corrected chi connectivity index (χ2v) is 3.60. The molecule has 2 N–H and O–H groups in total. The van der Waals surface area contributed by atoms with E-state index >= 15 is 0 Å². The van der Waals surface area contributed by atoms with Crippen molar-refractivity contribution in [3.63, 3.8) is 0 Å².